The molecule has 2 fully saturated rings. The highest BCUT2D eigenvalue weighted by molar-refractivity contribution is 5.85. The van der Waals surface area contributed by atoms with Crippen molar-refractivity contribution >= 4 is 30.5 Å². The van der Waals surface area contributed by atoms with Gasteiger partial charge in [-0.2, -0.15) is 0 Å². The molecule has 5 heteroatoms. The Morgan fingerprint density at radius 2 is 1.74 bits per heavy atom. The Hall–Kier alpha value is -0.480. The molecule has 0 aromatic heterocycles. The Labute approximate surface area is 128 Å². The van der Waals surface area contributed by atoms with Gasteiger partial charge in [0.25, 0.3) is 0 Å². The lowest BCUT2D eigenvalue weighted by atomic mass is 10.2. The second-order valence-corrected chi connectivity index (χ2v) is 5.29. The van der Waals surface area contributed by atoms with Crippen LogP contribution in [0.5, 0.6) is 0 Å². The topological polar surface area (TPSA) is 32.5 Å². The summed E-state index contributed by atoms with van der Waals surface area (Å²) in [6, 6.07) is 9.18. The molecule has 1 aromatic carbocycles. The number of benzene rings is 1. The molecular formula is C14H23Cl2N3. The van der Waals surface area contributed by atoms with Gasteiger partial charge in [-0.3, -0.25) is 9.80 Å². The smallest absolute Gasteiger partial charge is 0.0317 e. The van der Waals surface area contributed by atoms with Crippen LogP contribution in [-0.2, 0) is 6.54 Å². The maximum absolute atomic E-state index is 5.81. The van der Waals surface area contributed by atoms with Gasteiger partial charge < -0.3 is 5.73 Å². The summed E-state index contributed by atoms with van der Waals surface area (Å²) in [6.07, 6.45) is 2.85. The van der Waals surface area contributed by atoms with Crippen LogP contribution in [0.4, 0.5) is 5.69 Å². The molecule has 0 atom stereocenters. The fraction of sp³-hybridized carbons (Fsp3) is 0.571. The first kappa shape index (κ1) is 16.6. The zero-order valence-electron chi connectivity index (χ0n) is 11.1. The van der Waals surface area contributed by atoms with Gasteiger partial charge in [0.05, 0.1) is 0 Å². The van der Waals surface area contributed by atoms with Crippen molar-refractivity contribution in [1.29, 1.82) is 0 Å². The fourth-order valence-electron chi connectivity index (χ4n) is 2.68. The van der Waals surface area contributed by atoms with Crippen molar-refractivity contribution < 1.29 is 0 Å². The van der Waals surface area contributed by atoms with Crippen molar-refractivity contribution in [3.05, 3.63) is 29.8 Å². The number of nitrogens with two attached hydrogens (primary N) is 1. The van der Waals surface area contributed by atoms with Crippen molar-refractivity contribution in [1.82, 2.24) is 9.80 Å². The molecule has 1 saturated carbocycles. The van der Waals surface area contributed by atoms with Gasteiger partial charge in [0, 0.05) is 44.5 Å². The first-order valence-corrected chi connectivity index (χ1v) is 6.62. The molecule has 1 aromatic rings. The zero-order valence-corrected chi connectivity index (χ0v) is 12.8. The summed E-state index contributed by atoms with van der Waals surface area (Å²) in [5, 5.41) is 0. The van der Waals surface area contributed by atoms with E-state index in [1.165, 1.54) is 44.6 Å². The molecule has 0 amide bonds. The van der Waals surface area contributed by atoms with Crippen LogP contribution in [-0.4, -0.2) is 42.0 Å². The van der Waals surface area contributed by atoms with Gasteiger partial charge in [-0.05, 0) is 30.5 Å². The van der Waals surface area contributed by atoms with E-state index in [4.69, 9.17) is 5.73 Å². The van der Waals surface area contributed by atoms with Gasteiger partial charge in [-0.1, -0.05) is 12.1 Å². The summed E-state index contributed by atoms with van der Waals surface area (Å²) < 4.78 is 0. The third-order valence-corrected chi connectivity index (χ3v) is 3.83. The predicted octanol–water partition coefficient (Wildman–Crippen LogP) is 2.39. The number of hydrogen-bond donors (Lipinski definition) is 1. The monoisotopic (exact) mass is 303 g/mol. The Kier molecular flexibility index (Phi) is 6.40. The van der Waals surface area contributed by atoms with E-state index in [1.807, 2.05) is 12.1 Å². The summed E-state index contributed by atoms with van der Waals surface area (Å²) in [4.78, 5) is 5.18. The van der Waals surface area contributed by atoms with E-state index >= 15 is 0 Å². The molecule has 1 aliphatic heterocycles. The van der Waals surface area contributed by atoms with Crippen LogP contribution in [0.15, 0.2) is 24.3 Å². The van der Waals surface area contributed by atoms with Crippen LogP contribution in [0.1, 0.15) is 18.4 Å². The van der Waals surface area contributed by atoms with E-state index < -0.39 is 0 Å². The molecule has 0 unspecified atom stereocenters. The van der Waals surface area contributed by atoms with E-state index in [2.05, 4.69) is 21.9 Å². The average Bonchev–Trinajstić information content (AvgIpc) is 3.14. The number of nitrogen functional groups attached to an aromatic ring is 1. The normalized spacial score (nSPS) is 20.4. The van der Waals surface area contributed by atoms with E-state index in [-0.39, 0.29) is 24.8 Å². The van der Waals surface area contributed by atoms with Gasteiger partial charge in [-0.15, -0.1) is 24.8 Å². The van der Waals surface area contributed by atoms with Crippen LogP contribution in [0.2, 0.25) is 0 Å². The van der Waals surface area contributed by atoms with E-state index in [9.17, 15) is 0 Å². The highest BCUT2D eigenvalue weighted by Gasteiger charge is 2.30. The number of nitrogens with zero attached hydrogens (tertiary/aromatic N) is 2. The Bertz CT molecular complexity index is 388. The van der Waals surface area contributed by atoms with Crippen LogP contribution in [0, 0.1) is 0 Å². The first-order chi connectivity index (χ1) is 8.31. The molecule has 3 nitrogen and oxygen atoms in total. The molecule has 0 bridgehead atoms. The zero-order chi connectivity index (χ0) is 11.7. The molecule has 0 spiro atoms. The van der Waals surface area contributed by atoms with Gasteiger partial charge in [-0.25, -0.2) is 0 Å². The molecule has 19 heavy (non-hydrogen) atoms. The molecule has 0 radical (unpaired) electrons. The lowest BCUT2D eigenvalue weighted by Crippen LogP contribution is -2.46. The summed E-state index contributed by atoms with van der Waals surface area (Å²) in [6.45, 7) is 5.93. The Morgan fingerprint density at radius 3 is 2.32 bits per heavy atom. The number of anilines is 1. The fourth-order valence-corrected chi connectivity index (χ4v) is 2.68. The largest absolute Gasteiger partial charge is 0.399 e. The average molecular weight is 304 g/mol. The summed E-state index contributed by atoms with van der Waals surface area (Å²) in [7, 11) is 0. The van der Waals surface area contributed by atoms with Crippen molar-refractivity contribution in [2.45, 2.75) is 25.4 Å². The summed E-state index contributed by atoms with van der Waals surface area (Å²) in [5.41, 5.74) is 8.02. The van der Waals surface area contributed by atoms with Crippen molar-refractivity contribution in [2.75, 3.05) is 31.9 Å². The predicted molar refractivity (Wildman–Crippen MR) is 85.2 cm³/mol. The Morgan fingerprint density at radius 1 is 1.05 bits per heavy atom. The maximum atomic E-state index is 5.81. The van der Waals surface area contributed by atoms with Crippen LogP contribution in [0.3, 0.4) is 0 Å². The highest BCUT2D eigenvalue weighted by Crippen LogP contribution is 2.27. The van der Waals surface area contributed by atoms with E-state index in [1.54, 1.807) is 0 Å². The minimum absolute atomic E-state index is 0. The molecule has 2 aliphatic rings. The standard InChI is InChI=1S/C14H21N3.2ClH/c15-13-3-1-2-12(10-13)11-16-6-8-17(9-7-16)14-4-5-14;;/h1-3,10,14H,4-9,11,15H2;2*1H. The minimum atomic E-state index is 0. The maximum Gasteiger partial charge on any atom is 0.0317 e. The molecule has 3 rings (SSSR count). The minimum Gasteiger partial charge on any atom is -0.399 e. The van der Waals surface area contributed by atoms with Crippen molar-refractivity contribution in [2.24, 2.45) is 0 Å². The van der Waals surface area contributed by atoms with Crippen LogP contribution in [0.25, 0.3) is 0 Å². The van der Waals surface area contributed by atoms with Gasteiger partial charge in [0.2, 0.25) is 0 Å². The first-order valence-electron chi connectivity index (χ1n) is 6.62. The highest BCUT2D eigenvalue weighted by atomic mass is 35.5. The molecule has 2 N–H and O–H groups in total. The van der Waals surface area contributed by atoms with Crippen molar-refractivity contribution in [3.63, 3.8) is 0 Å². The second kappa shape index (κ2) is 7.34. The molecule has 108 valence electrons. The lowest BCUT2D eigenvalue weighted by Gasteiger charge is -2.34. The quantitative estimate of drug-likeness (QED) is 0.870. The summed E-state index contributed by atoms with van der Waals surface area (Å²) in [5.74, 6) is 0. The molecule has 1 aliphatic carbocycles. The van der Waals surface area contributed by atoms with Crippen LogP contribution < -0.4 is 5.73 Å². The third kappa shape index (κ3) is 4.53. The summed E-state index contributed by atoms with van der Waals surface area (Å²) >= 11 is 0. The molecule has 1 saturated heterocycles. The Balaban J connectivity index is 0.000000902. The van der Waals surface area contributed by atoms with Gasteiger partial charge in [0.15, 0.2) is 0 Å². The third-order valence-electron chi connectivity index (χ3n) is 3.83. The number of piperazine rings is 1. The second-order valence-electron chi connectivity index (χ2n) is 5.29. The molecular weight excluding hydrogens is 281 g/mol. The molecule has 1 heterocycles. The van der Waals surface area contributed by atoms with Gasteiger partial charge in [0.1, 0.15) is 0 Å². The van der Waals surface area contributed by atoms with E-state index in [0.29, 0.717) is 0 Å². The van der Waals surface area contributed by atoms with Crippen LogP contribution >= 0.6 is 24.8 Å². The number of hydrogen-bond acceptors (Lipinski definition) is 3. The lowest BCUT2D eigenvalue weighted by molar-refractivity contribution is 0.121. The van der Waals surface area contributed by atoms with Gasteiger partial charge >= 0.3 is 0 Å². The number of halogens is 2. The van der Waals surface area contributed by atoms with E-state index in [0.717, 1.165) is 18.3 Å². The number of rotatable bonds is 3. The SMILES string of the molecule is Cl.Cl.Nc1cccc(CN2CCN(C3CC3)CC2)c1. The van der Waals surface area contributed by atoms with Crippen molar-refractivity contribution in [3.8, 4) is 0 Å².